The van der Waals surface area contributed by atoms with Crippen molar-refractivity contribution in [3.8, 4) is 5.75 Å². The Bertz CT molecular complexity index is 459. The molecule has 0 radical (unpaired) electrons. The summed E-state index contributed by atoms with van der Waals surface area (Å²) < 4.78 is 11.1. The first-order valence-electron chi connectivity index (χ1n) is 7.25. The van der Waals surface area contributed by atoms with E-state index in [1.54, 1.807) is 0 Å². The number of hydrogen-bond acceptors (Lipinski definition) is 4. The first kappa shape index (κ1) is 14.9. The molecule has 0 saturated carbocycles. The van der Waals surface area contributed by atoms with E-state index in [2.05, 4.69) is 25.2 Å². The van der Waals surface area contributed by atoms with Gasteiger partial charge in [-0.15, -0.1) is 0 Å². The van der Waals surface area contributed by atoms with Gasteiger partial charge < -0.3 is 14.8 Å². The second-order valence-corrected chi connectivity index (χ2v) is 5.40. The van der Waals surface area contributed by atoms with Gasteiger partial charge in [0, 0.05) is 13.1 Å². The summed E-state index contributed by atoms with van der Waals surface area (Å²) in [6.07, 6.45) is -0.156. The molecule has 4 heteroatoms. The van der Waals surface area contributed by atoms with E-state index in [1.807, 2.05) is 25.1 Å². The van der Waals surface area contributed by atoms with Gasteiger partial charge in [0.25, 0.3) is 0 Å². The molecule has 1 fully saturated rings. The maximum atomic E-state index is 11.9. The summed E-state index contributed by atoms with van der Waals surface area (Å²) in [5.74, 6) is 0.875. The lowest BCUT2D eigenvalue weighted by atomic mass is 10.0. The van der Waals surface area contributed by atoms with Crippen molar-refractivity contribution in [2.45, 2.75) is 32.8 Å². The molecule has 2 atom stereocenters. The second kappa shape index (κ2) is 6.75. The zero-order valence-electron chi connectivity index (χ0n) is 12.4. The van der Waals surface area contributed by atoms with Crippen LogP contribution in [0.25, 0.3) is 0 Å². The zero-order chi connectivity index (χ0) is 14.5. The van der Waals surface area contributed by atoms with Crippen LogP contribution in [-0.4, -0.2) is 31.8 Å². The van der Waals surface area contributed by atoms with E-state index in [9.17, 15) is 4.79 Å². The van der Waals surface area contributed by atoms with E-state index in [0.29, 0.717) is 25.6 Å². The summed E-state index contributed by atoms with van der Waals surface area (Å²) in [6.45, 7) is 7.82. The van der Waals surface area contributed by atoms with Crippen molar-refractivity contribution in [1.82, 2.24) is 5.32 Å². The molecule has 4 nitrogen and oxygen atoms in total. The molecule has 1 saturated heterocycles. The SMILES string of the molecule is CCOC(=O)[C@H]1CNCC1Oc1cccc(C(C)C)c1. The fourth-order valence-corrected chi connectivity index (χ4v) is 2.38. The lowest BCUT2D eigenvalue weighted by molar-refractivity contribution is -0.149. The number of carbonyl (C=O) groups is 1. The van der Waals surface area contributed by atoms with Crippen LogP contribution in [0.1, 0.15) is 32.3 Å². The van der Waals surface area contributed by atoms with Gasteiger partial charge in [0.05, 0.1) is 6.61 Å². The Balaban J connectivity index is 2.05. The Morgan fingerprint density at radius 1 is 1.40 bits per heavy atom. The van der Waals surface area contributed by atoms with Crippen LogP contribution in [0.2, 0.25) is 0 Å². The molecule has 110 valence electrons. The third-order valence-corrected chi connectivity index (χ3v) is 3.56. The molecule has 1 N–H and O–H groups in total. The average molecular weight is 277 g/mol. The predicted molar refractivity (Wildman–Crippen MR) is 77.9 cm³/mol. The van der Waals surface area contributed by atoms with Crippen LogP contribution < -0.4 is 10.1 Å². The van der Waals surface area contributed by atoms with Crippen molar-refractivity contribution in [2.24, 2.45) is 5.92 Å². The van der Waals surface area contributed by atoms with E-state index >= 15 is 0 Å². The van der Waals surface area contributed by atoms with Crippen molar-refractivity contribution < 1.29 is 14.3 Å². The molecule has 0 bridgehead atoms. The molecule has 1 unspecified atom stereocenters. The van der Waals surface area contributed by atoms with Gasteiger partial charge in [-0.1, -0.05) is 26.0 Å². The summed E-state index contributed by atoms with van der Waals surface area (Å²) in [5.41, 5.74) is 1.24. The molecule has 0 amide bonds. The largest absolute Gasteiger partial charge is 0.488 e. The highest BCUT2D eigenvalue weighted by molar-refractivity contribution is 5.74. The minimum Gasteiger partial charge on any atom is -0.488 e. The van der Waals surface area contributed by atoms with Crippen molar-refractivity contribution in [2.75, 3.05) is 19.7 Å². The third-order valence-electron chi connectivity index (χ3n) is 3.56. The fraction of sp³-hybridized carbons (Fsp3) is 0.562. The van der Waals surface area contributed by atoms with Crippen LogP contribution in [-0.2, 0) is 9.53 Å². The van der Waals surface area contributed by atoms with E-state index in [1.165, 1.54) is 5.56 Å². The molecule has 0 aliphatic carbocycles. The smallest absolute Gasteiger partial charge is 0.314 e. The molecule has 1 aromatic carbocycles. The first-order chi connectivity index (χ1) is 9.61. The van der Waals surface area contributed by atoms with Gasteiger partial charge in [-0.2, -0.15) is 0 Å². The van der Waals surface area contributed by atoms with E-state index in [4.69, 9.17) is 9.47 Å². The van der Waals surface area contributed by atoms with Crippen LogP contribution in [0.3, 0.4) is 0 Å². The Kier molecular flexibility index (Phi) is 5.01. The van der Waals surface area contributed by atoms with E-state index in [0.717, 1.165) is 5.75 Å². The van der Waals surface area contributed by atoms with Crippen LogP contribution in [0.15, 0.2) is 24.3 Å². The highest BCUT2D eigenvalue weighted by Gasteiger charge is 2.35. The van der Waals surface area contributed by atoms with Crippen molar-refractivity contribution in [1.29, 1.82) is 0 Å². The topological polar surface area (TPSA) is 47.6 Å². The number of benzene rings is 1. The molecule has 2 rings (SSSR count). The summed E-state index contributed by atoms with van der Waals surface area (Å²) in [5, 5.41) is 3.19. The quantitative estimate of drug-likeness (QED) is 0.839. The summed E-state index contributed by atoms with van der Waals surface area (Å²) in [7, 11) is 0. The summed E-state index contributed by atoms with van der Waals surface area (Å²) in [4.78, 5) is 11.9. The Labute approximate surface area is 120 Å². The highest BCUT2D eigenvalue weighted by Crippen LogP contribution is 2.24. The minimum atomic E-state index is -0.224. The third kappa shape index (κ3) is 3.51. The normalized spacial score (nSPS) is 22.0. The molecule has 1 aromatic rings. The number of esters is 1. The number of nitrogens with one attached hydrogen (secondary N) is 1. The van der Waals surface area contributed by atoms with Crippen LogP contribution in [0.4, 0.5) is 0 Å². The lowest BCUT2D eigenvalue weighted by Gasteiger charge is -2.19. The maximum Gasteiger partial charge on any atom is 0.314 e. The van der Waals surface area contributed by atoms with E-state index in [-0.39, 0.29) is 18.0 Å². The summed E-state index contributed by atoms with van der Waals surface area (Å²) >= 11 is 0. The monoisotopic (exact) mass is 277 g/mol. The minimum absolute atomic E-state index is 0.156. The van der Waals surface area contributed by atoms with Crippen molar-refractivity contribution in [3.63, 3.8) is 0 Å². The van der Waals surface area contributed by atoms with Gasteiger partial charge in [-0.25, -0.2) is 0 Å². The number of rotatable bonds is 5. The molecule has 20 heavy (non-hydrogen) atoms. The Hall–Kier alpha value is -1.55. The van der Waals surface area contributed by atoms with Gasteiger partial charge in [0.1, 0.15) is 17.8 Å². The number of hydrogen-bond donors (Lipinski definition) is 1. The zero-order valence-corrected chi connectivity index (χ0v) is 12.4. The van der Waals surface area contributed by atoms with Crippen LogP contribution in [0, 0.1) is 5.92 Å². The maximum absolute atomic E-state index is 11.9. The van der Waals surface area contributed by atoms with Gasteiger partial charge in [0.15, 0.2) is 0 Å². The summed E-state index contributed by atoms with van der Waals surface area (Å²) in [6, 6.07) is 8.07. The predicted octanol–water partition coefficient (Wildman–Crippen LogP) is 2.34. The van der Waals surface area contributed by atoms with Gasteiger partial charge in [-0.05, 0) is 30.5 Å². The molecule has 1 aliphatic heterocycles. The Morgan fingerprint density at radius 3 is 2.90 bits per heavy atom. The number of carbonyl (C=O) groups excluding carboxylic acids is 1. The van der Waals surface area contributed by atoms with Crippen molar-refractivity contribution in [3.05, 3.63) is 29.8 Å². The fourth-order valence-electron chi connectivity index (χ4n) is 2.38. The molecule has 0 aromatic heterocycles. The van der Waals surface area contributed by atoms with Gasteiger partial charge in [0.2, 0.25) is 0 Å². The standard InChI is InChI=1S/C16H23NO3/c1-4-19-16(18)14-9-17-10-15(14)20-13-7-5-6-12(8-13)11(2)3/h5-8,11,14-15,17H,4,9-10H2,1-3H3/t14-,15?/m0/s1. The molecular weight excluding hydrogens is 254 g/mol. The van der Waals surface area contributed by atoms with Gasteiger partial charge >= 0.3 is 5.97 Å². The Morgan fingerprint density at radius 2 is 2.20 bits per heavy atom. The molecular formula is C16H23NO3. The van der Waals surface area contributed by atoms with E-state index < -0.39 is 0 Å². The average Bonchev–Trinajstić information content (AvgIpc) is 2.87. The van der Waals surface area contributed by atoms with Crippen LogP contribution >= 0.6 is 0 Å². The van der Waals surface area contributed by atoms with Gasteiger partial charge in [-0.3, -0.25) is 4.79 Å². The first-order valence-corrected chi connectivity index (χ1v) is 7.25. The van der Waals surface area contributed by atoms with Crippen molar-refractivity contribution >= 4 is 5.97 Å². The molecule has 1 aliphatic rings. The highest BCUT2D eigenvalue weighted by atomic mass is 16.5. The lowest BCUT2D eigenvalue weighted by Crippen LogP contribution is -2.33. The molecule has 0 spiro atoms. The molecule has 1 heterocycles. The number of ether oxygens (including phenoxy) is 2. The second-order valence-electron chi connectivity index (χ2n) is 5.40. The van der Waals surface area contributed by atoms with Crippen LogP contribution in [0.5, 0.6) is 5.75 Å².